The van der Waals surface area contributed by atoms with Crippen molar-refractivity contribution in [2.75, 3.05) is 37.3 Å². The first kappa shape index (κ1) is 43.9. The average Bonchev–Trinajstić information content (AvgIpc) is 3.23. The number of amides is 7. The number of urea groups is 1. The van der Waals surface area contributed by atoms with Gasteiger partial charge in [-0.05, 0) is 56.5 Å². The molecule has 3 heterocycles. The van der Waals surface area contributed by atoms with Gasteiger partial charge in [0.1, 0.15) is 35.4 Å². The predicted octanol–water partition coefficient (Wildman–Crippen LogP) is 4.02. The summed E-state index contributed by atoms with van der Waals surface area (Å²) in [5.41, 5.74) is 1.29. The first-order valence-electron chi connectivity index (χ1n) is 19.5. The van der Waals surface area contributed by atoms with E-state index in [1.54, 1.807) is 76.2 Å². The van der Waals surface area contributed by atoms with E-state index in [1.807, 2.05) is 12.1 Å². The van der Waals surface area contributed by atoms with Gasteiger partial charge in [-0.15, -0.1) is 11.8 Å². The largest absolute Gasteiger partial charge is 0.461 e. The molecule has 3 aromatic rings. The number of benzene rings is 3. The molecule has 7 amide bonds. The third-order valence-corrected chi connectivity index (χ3v) is 11.1. The summed E-state index contributed by atoms with van der Waals surface area (Å²) in [5.74, 6) is -4.78. The van der Waals surface area contributed by atoms with Crippen molar-refractivity contribution >= 4 is 65.1 Å². The standard InChI is InChI=1S/C43H46N6O11S/c1-6-47-21-22-48(38(54)37(47)53)41(56)46-31(26-17-19-30(20-18-26)44-42(57)60-43(3,4)5)35(51)45-32-36(52)49-33(29(23-58-25(2)50)24-61-39(32)49)40(55)59-34(27-13-9-7-10-14-27)28-15-11-8-12-16-28/h7-20,31-32,34,39H,6,21-24H2,1-5H3,(H,44,57)(H,45,51)(H,46,56)/t31-,32+,39+/m0/s1. The fourth-order valence-corrected chi connectivity index (χ4v) is 8.13. The first-order chi connectivity index (χ1) is 29.1. The van der Waals surface area contributed by atoms with Crippen molar-refractivity contribution in [1.82, 2.24) is 25.3 Å². The monoisotopic (exact) mass is 854 g/mol. The van der Waals surface area contributed by atoms with Crippen LogP contribution < -0.4 is 16.0 Å². The van der Waals surface area contributed by atoms with E-state index in [4.69, 9.17) is 14.2 Å². The number of rotatable bonds is 12. The highest BCUT2D eigenvalue weighted by Gasteiger charge is 2.55. The lowest BCUT2D eigenvalue weighted by molar-refractivity contribution is -0.155. The highest BCUT2D eigenvalue weighted by atomic mass is 32.2. The Morgan fingerprint density at radius 2 is 1.46 bits per heavy atom. The van der Waals surface area contributed by atoms with Crippen LogP contribution in [0.25, 0.3) is 0 Å². The van der Waals surface area contributed by atoms with E-state index < -0.39 is 76.9 Å². The van der Waals surface area contributed by atoms with Crippen LogP contribution in [0.15, 0.2) is 96.2 Å². The van der Waals surface area contributed by atoms with Crippen LogP contribution in [0, 0.1) is 0 Å². The van der Waals surface area contributed by atoms with E-state index in [2.05, 4.69) is 16.0 Å². The molecule has 0 saturated carbocycles. The van der Waals surface area contributed by atoms with Gasteiger partial charge >= 0.3 is 35.9 Å². The number of carbonyl (C=O) groups is 8. The molecule has 3 aliphatic rings. The topological polar surface area (TPSA) is 210 Å². The van der Waals surface area contributed by atoms with Crippen LogP contribution in [0.1, 0.15) is 63.5 Å². The van der Waals surface area contributed by atoms with Crippen molar-refractivity contribution in [3.05, 3.63) is 113 Å². The fraction of sp³-hybridized carbons (Fsp3) is 0.349. The smallest absolute Gasteiger partial charge is 0.412 e. The molecule has 6 rings (SSSR count). The second kappa shape index (κ2) is 18.7. The number of thioether (sulfide) groups is 1. The Morgan fingerprint density at radius 1 is 0.836 bits per heavy atom. The first-order valence-corrected chi connectivity index (χ1v) is 20.5. The van der Waals surface area contributed by atoms with E-state index in [9.17, 15) is 38.4 Å². The second-order valence-electron chi connectivity index (χ2n) is 15.2. The number of nitrogens with zero attached hydrogens (tertiary/aromatic N) is 3. The molecule has 0 spiro atoms. The molecule has 0 aromatic heterocycles. The molecule has 2 fully saturated rings. The Labute approximate surface area is 356 Å². The van der Waals surface area contributed by atoms with Gasteiger partial charge in [0, 0.05) is 43.6 Å². The fourth-order valence-electron chi connectivity index (χ4n) is 6.81. The van der Waals surface area contributed by atoms with Crippen LogP contribution >= 0.6 is 11.8 Å². The number of likely N-dealkylation sites (N-methyl/N-ethyl adjacent to an activating group) is 1. The maximum Gasteiger partial charge on any atom is 0.412 e. The second-order valence-corrected chi connectivity index (χ2v) is 16.3. The van der Waals surface area contributed by atoms with Crippen molar-refractivity contribution in [2.45, 2.75) is 63.8 Å². The number of hydrogen-bond acceptors (Lipinski definition) is 12. The molecule has 0 aliphatic carbocycles. The summed E-state index contributed by atoms with van der Waals surface area (Å²) in [6.45, 7) is 7.98. The molecule has 17 nitrogen and oxygen atoms in total. The molecular formula is C43H46N6O11S. The van der Waals surface area contributed by atoms with Crippen molar-refractivity contribution < 1.29 is 52.6 Å². The summed E-state index contributed by atoms with van der Waals surface area (Å²) in [6, 6.07) is 20.2. The molecule has 3 aliphatic heterocycles. The van der Waals surface area contributed by atoms with E-state index in [0.29, 0.717) is 27.3 Å². The Morgan fingerprint density at radius 3 is 2.03 bits per heavy atom. The van der Waals surface area contributed by atoms with Crippen LogP contribution in [-0.4, -0.2) is 111 Å². The Kier molecular flexibility index (Phi) is 13.5. The van der Waals surface area contributed by atoms with Gasteiger partial charge in [0.05, 0.1) is 0 Å². The van der Waals surface area contributed by atoms with Crippen LogP contribution in [0.4, 0.5) is 15.3 Å². The lowest BCUT2D eigenvalue weighted by Gasteiger charge is -2.50. The summed E-state index contributed by atoms with van der Waals surface area (Å²) in [4.78, 5) is 109. The number of imide groups is 1. The summed E-state index contributed by atoms with van der Waals surface area (Å²) < 4.78 is 16.7. The minimum atomic E-state index is -1.51. The minimum absolute atomic E-state index is 0.0941. The third kappa shape index (κ3) is 10.2. The van der Waals surface area contributed by atoms with Gasteiger partial charge in [0.15, 0.2) is 6.10 Å². The minimum Gasteiger partial charge on any atom is -0.461 e. The van der Waals surface area contributed by atoms with Gasteiger partial charge < -0.3 is 29.7 Å². The molecule has 3 aromatic carbocycles. The number of hydrogen-bond donors (Lipinski definition) is 3. The number of esters is 2. The number of β-lactam (4-membered cyclic amide) rings is 1. The van der Waals surface area contributed by atoms with Gasteiger partial charge in [0.25, 0.3) is 5.91 Å². The van der Waals surface area contributed by atoms with Crippen molar-refractivity contribution in [3.63, 3.8) is 0 Å². The highest BCUT2D eigenvalue weighted by Crippen LogP contribution is 2.42. The number of fused-ring (bicyclic) bond motifs is 1. The SMILES string of the molecule is CCN1CCN(C(=O)N[C@H](C(=O)N[C@@H]2C(=O)N3C(C(=O)OC(c4ccccc4)c4ccccc4)=C(COC(C)=O)CS[C@H]23)c2ccc(NC(=O)OC(C)(C)C)cc2)C(=O)C1=O. The molecule has 3 N–H and O–H groups in total. The zero-order valence-corrected chi connectivity index (χ0v) is 35.0. The van der Waals surface area contributed by atoms with Crippen molar-refractivity contribution in [1.29, 1.82) is 0 Å². The summed E-state index contributed by atoms with van der Waals surface area (Å²) in [5, 5.41) is 7.02. The lowest BCUT2D eigenvalue weighted by atomic mass is 10.00. The highest BCUT2D eigenvalue weighted by molar-refractivity contribution is 8.00. The molecule has 2 saturated heterocycles. The number of carbonyl (C=O) groups excluding carboxylic acids is 8. The predicted molar refractivity (Wildman–Crippen MR) is 221 cm³/mol. The maximum atomic E-state index is 14.2. The summed E-state index contributed by atoms with van der Waals surface area (Å²) in [6.07, 6.45) is -1.58. The van der Waals surface area contributed by atoms with Gasteiger partial charge in [-0.25, -0.2) is 14.4 Å². The number of ether oxygens (including phenoxy) is 3. The zero-order chi connectivity index (χ0) is 44.0. The van der Waals surface area contributed by atoms with Crippen LogP contribution in [0.2, 0.25) is 0 Å². The maximum absolute atomic E-state index is 14.2. The van der Waals surface area contributed by atoms with E-state index in [-0.39, 0.29) is 43.3 Å². The normalized spacial score (nSPS) is 18.1. The summed E-state index contributed by atoms with van der Waals surface area (Å²) >= 11 is 1.22. The van der Waals surface area contributed by atoms with E-state index >= 15 is 0 Å². The number of nitrogens with one attached hydrogen (secondary N) is 3. The molecule has 0 radical (unpaired) electrons. The van der Waals surface area contributed by atoms with Gasteiger partial charge in [0.2, 0.25) is 5.91 Å². The van der Waals surface area contributed by atoms with Gasteiger partial charge in [-0.1, -0.05) is 72.8 Å². The van der Waals surface area contributed by atoms with Gasteiger partial charge in [-0.2, -0.15) is 0 Å². The summed E-state index contributed by atoms with van der Waals surface area (Å²) in [7, 11) is 0. The third-order valence-electron chi connectivity index (χ3n) is 9.77. The van der Waals surface area contributed by atoms with Crippen LogP contribution in [-0.2, 0) is 43.0 Å². The molecule has 3 atom stereocenters. The molecule has 18 heteroatoms. The van der Waals surface area contributed by atoms with E-state index in [1.165, 1.54) is 52.8 Å². The van der Waals surface area contributed by atoms with Crippen LogP contribution in [0.3, 0.4) is 0 Å². The quantitative estimate of drug-likeness (QED) is 0.102. The Balaban J connectivity index is 1.25. The Bertz CT molecular complexity index is 2190. The molecule has 320 valence electrons. The molecule has 0 unspecified atom stereocenters. The lowest BCUT2D eigenvalue weighted by Crippen LogP contribution is -2.71. The van der Waals surface area contributed by atoms with Crippen molar-refractivity contribution in [3.8, 4) is 0 Å². The molecule has 0 bridgehead atoms. The molecule has 61 heavy (non-hydrogen) atoms. The number of piperazine rings is 1. The zero-order valence-electron chi connectivity index (χ0n) is 34.2. The van der Waals surface area contributed by atoms with Crippen LogP contribution in [0.5, 0.6) is 0 Å². The molecular weight excluding hydrogens is 809 g/mol. The Hall–Kier alpha value is -6.69. The van der Waals surface area contributed by atoms with Gasteiger partial charge in [-0.3, -0.25) is 39.1 Å². The van der Waals surface area contributed by atoms with E-state index in [0.717, 1.165) is 0 Å². The number of anilines is 1. The average molecular weight is 855 g/mol. The van der Waals surface area contributed by atoms with Crippen molar-refractivity contribution in [2.24, 2.45) is 0 Å².